The average molecular weight is 1720 g/mol. The Kier molecular flexibility index (Phi) is 27.5. The lowest BCUT2D eigenvalue weighted by Gasteiger charge is -2.38. The van der Waals surface area contributed by atoms with Gasteiger partial charge in [-0.2, -0.15) is 0 Å². The van der Waals surface area contributed by atoms with Gasteiger partial charge in [-0.15, -0.1) is 0 Å². The molecule has 650 valence electrons. The van der Waals surface area contributed by atoms with E-state index in [9.17, 15) is 0 Å². The number of hydrogen-bond donors (Lipinski definition) is 8. The van der Waals surface area contributed by atoms with Crippen LogP contribution in [0.2, 0.25) is 0 Å². The molecule has 0 aliphatic rings. The first kappa shape index (κ1) is 89.2. The largest absolute Gasteiger partial charge is 0.497 e. The first-order chi connectivity index (χ1) is 64.0. The van der Waals surface area contributed by atoms with Crippen LogP contribution in [0.25, 0.3) is 22.3 Å². The van der Waals surface area contributed by atoms with Crippen molar-refractivity contribution in [2.75, 3.05) is 81.4 Å². The normalized spacial score (nSPS) is 11.2. The molecule has 0 aromatic heterocycles. The monoisotopic (exact) mass is 1720 g/mol. The maximum atomic E-state index is 6.64. The Balaban J connectivity index is 0.000000135. The van der Waals surface area contributed by atoms with E-state index in [0.29, 0.717) is 51.4 Å². The molecule has 0 aliphatic heterocycles. The van der Waals surface area contributed by atoms with E-state index in [0.717, 1.165) is 129 Å². The van der Waals surface area contributed by atoms with Crippen LogP contribution in [0, 0.1) is 6.92 Å². The van der Waals surface area contributed by atoms with E-state index in [1.54, 1.807) is 35.5 Å². The fourth-order valence-corrected chi connectivity index (χ4v) is 18.6. The van der Waals surface area contributed by atoms with Gasteiger partial charge in [0.25, 0.3) is 0 Å². The molecule has 0 fully saturated rings. The topological polar surface area (TPSA) is 254 Å². The first-order valence-electron chi connectivity index (χ1n) is 43.4. The van der Waals surface area contributed by atoms with E-state index in [4.69, 9.17) is 69.6 Å². The molecule has 0 saturated heterocycles. The van der Waals surface area contributed by atoms with Gasteiger partial charge in [0.1, 0.15) is 28.7 Å². The number of nitrogen functional groups attached to an aromatic ring is 8. The minimum atomic E-state index is -0.722. The number of anilines is 8. The summed E-state index contributed by atoms with van der Waals surface area (Å²) >= 11 is 0. The summed E-state index contributed by atoms with van der Waals surface area (Å²) in [5.41, 5.74) is 76.2. The smallest absolute Gasteiger partial charge is 0.142 e. The van der Waals surface area contributed by atoms with Crippen LogP contribution in [0.4, 0.5) is 45.5 Å². The van der Waals surface area contributed by atoms with Crippen molar-refractivity contribution in [1.29, 1.82) is 0 Å². The Morgan fingerprint density at radius 2 is 0.427 bits per heavy atom. The SMILES string of the molecule is COc1cc(C(c2ccccc2)(c2ccccc2)c2ccc(N)c(OC)c2)ccc1N.COc1cc(N)ccc1C(c1ccccc1)(c1ccccc1)c1ccc(N)cc1OC.COc1ccc(N)c(C(c2ccccc2)(c2ccccc2)c2cc(C)ccc2N)c1.Nc1ccc(C(c2ccccc2)(c2ccccc2)c2ccc(N)c(-c3ccccc3)c2)cc1-c1ccccc1. The number of nitrogens with two attached hydrogens (primary N) is 8. The highest BCUT2D eigenvalue weighted by Gasteiger charge is 2.46. The van der Waals surface area contributed by atoms with E-state index in [1.165, 1.54) is 11.1 Å². The molecule has 16 N–H and O–H groups in total. The zero-order chi connectivity index (χ0) is 91.5. The molecule has 18 aromatic carbocycles. The summed E-state index contributed by atoms with van der Waals surface area (Å²) in [7, 11) is 8.27. The molecule has 131 heavy (non-hydrogen) atoms. The summed E-state index contributed by atoms with van der Waals surface area (Å²) in [6.07, 6.45) is 0. The molecule has 18 aromatic rings. The van der Waals surface area contributed by atoms with Crippen LogP contribution in [0.1, 0.15) is 94.6 Å². The van der Waals surface area contributed by atoms with E-state index in [2.05, 4.69) is 280 Å². The van der Waals surface area contributed by atoms with Gasteiger partial charge >= 0.3 is 0 Å². The summed E-state index contributed by atoms with van der Waals surface area (Å²) in [4.78, 5) is 0. The van der Waals surface area contributed by atoms with Gasteiger partial charge in [-0.05, 0) is 181 Å². The Morgan fingerprint density at radius 3 is 0.725 bits per heavy atom. The summed E-state index contributed by atoms with van der Waals surface area (Å²) in [5.74, 6) is 3.42. The molecular weight excluding hydrogens is 1610 g/mol. The van der Waals surface area contributed by atoms with Crippen LogP contribution in [0.15, 0.2) is 449 Å². The highest BCUT2D eigenvalue weighted by atomic mass is 16.5. The third kappa shape index (κ3) is 17.8. The van der Waals surface area contributed by atoms with Gasteiger partial charge in [-0.25, -0.2) is 0 Å². The van der Waals surface area contributed by atoms with Crippen molar-refractivity contribution in [3.63, 3.8) is 0 Å². The number of ether oxygens (including phenoxy) is 5. The minimum Gasteiger partial charge on any atom is -0.497 e. The second-order valence-corrected chi connectivity index (χ2v) is 32.1. The predicted molar refractivity (Wildman–Crippen MR) is 543 cm³/mol. The molecule has 0 spiro atoms. The first-order valence-corrected chi connectivity index (χ1v) is 43.4. The maximum Gasteiger partial charge on any atom is 0.142 e. The lowest BCUT2D eigenvalue weighted by Crippen LogP contribution is -2.33. The molecule has 0 atom stereocenters. The van der Waals surface area contributed by atoms with Crippen molar-refractivity contribution in [1.82, 2.24) is 0 Å². The zero-order valence-corrected chi connectivity index (χ0v) is 74.4. The van der Waals surface area contributed by atoms with Crippen LogP contribution in [-0.2, 0) is 21.7 Å². The second-order valence-electron chi connectivity index (χ2n) is 32.1. The van der Waals surface area contributed by atoms with Gasteiger partial charge in [-0.3, -0.25) is 0 Å². The molecule has 0 aliphatic carbocycles. The number of hydrogen-bond acceptors (Lipinski definition) is 13. The fourth-order valence-electron chi connectivity index (χ4n) is 18.6. The van der Waals surface area contributed by atoms with Gasteiger partial charge < -0.3 is 69.6 Å². The van der Waals surface area contributed by atoms with Crippen LogP contribution < -0.4 is 69.6 Å². The quantitative estimate of drug-likeness (QED) is 0.0219. The minimum absolute atomic E-state index is 0.594. The van der Waals surface area contributed by atoms with E-state index in [-0.39, 0.29) is 0 Å². The molecule has 13 heteroatoms. The summed E-state index contributed by atoms with van der Waals surface area (Å²) in [5, 5.41) is 0. The third-order valence-electron chi connectivity index (χ3n) is 24.7. The summed E-state index contributed by atoms with van der Waals surface area (Å²) in [6, 6.07) is 153. The molecule has 0 unspecified atom stereocenters. The Hall–Kier alpha value is -16.6. The summed E-state index contributed by atoms with van der Waals surface area (Å²) < 4.78 is 28.4. The van der Waals surface area contributed by atoms with Crippen molar-refractivity contribution in [3.05, 3.63) is 543 Å². The molecule has 13 nitrogen and oxygen atoms in total. The summed E-state index contributed by atoms with van der Waals surface area (Å²) in [6.45, 7) is 2.08. The van der Waals surface area contributed by atoms with Gasteiger partial charge in [0, 0.05) is 68.5 Å². The standard InChI is InChI=1S/C37H30N2.2C27H26N2O2.C27H26N2O/c38-35-23-21-31(25-33(35)27-13-5-1-6-14-27)37(29-17-9-3-10-18-29,30-19-11-4-12-20-30)32-22-24-36(39)34(26-32)28-15-7-2-8-16-28;1-30-25-17-21(28)13-15-23(25)27(19-9-5-3-6-10-19,20-11-7-4-8-12-20)24-16-14-22(29)18-26(24)31-2;1-30-25-17-21(13-15-23(25)28)27(19-9-5-3-6-10-19,20-11-7-4-8-12-20)22-14-16-24(29)26(18-22)31-2;1-19-13-15-25(28)23(17-19)27(20-9-5-3-6-10-20,21-11-7-4-8-12-21)24-18-22(30-2)14-16-26(24)29/h1-26H,38-39H2;2*3-18H,28-29H2,1-2H3;3-18H,28-29H2,1-2H3. The molecule has 0 saturated carbocycles. The molecule has 0 radical (unpaired) electrons. The Bertz CT molecular complexity index is 6480. The van der Waals surface area contributed by atoms with Crippen LogP contribution >= 0.6 is 0 Å². The van der Waals surface area contributed by atoms with Crippen LogP contribution in [0.3, 0.4) is 0 Å². The zero-order valence-electron chi connectivity index (χ0n) is 74.4. The van der Waals surface area contributed by atoms with Crippen LogP contribution in [0.5, 0.6) is 28.7 Å². The fraction of sp³-hybridized carbons (Fsp3) is 0.0847. The van der Waals surface area contributed by atoms with Crippen molar-refractivity contribution < 1.29 is 23.7 Å². The lowest BCUT2D eigenvalue weighted by molar-refractivity contribution is 0.395. The Labute approximate surface area is 768 Å². The van der Waals surface area contributed by atoms with E-state index < -0.39 is 21.7 Å². The van der Waals surface area contributed by atoms with Crippen molar-refractivity contribution in [2.24, 2.45) is 0 Å². The number of rotatable bonds is 23. The number of methoxy groups -OCH3 is 5. The lowest BCUT2D eigenvalue weighted by atomic mass is 9.64. The van der Waals surface area contributed by atoms with Crippen LogP contribution in [-0.4, -0.2) is 35.5 Å². The highest BCUT2D eigenvalue weighted by molar-refractivity contribution is 5.83. The van der Waals surface area contributed by atoms with Gasteiger partial charge in [0.15, 0.2) is 0 Å². The highest BCUT2D eigenvalue weighted by Crippen LogP contribution is 2.55. The molecule has 0 amide bonds. The second kappa shape index (κ2) is 40.3. The number of benzene rings is 18. The average Bonchev–Trinajstić information content (AvgIpc) is 0.749. The Morgan fingerprint density at radius 1 is 0.176 bits per heavy atom. The van der Waals surface area contributed by atoms with Crippen molar-refractivity contribution >= 4 is 45.5 Å². The predicted octanol–water partition coefficient (Wildman–Crippen LogP) is 24.6. The maximum absolute atomic E-state index is 6.64. The van der Waals surface area contributed by atoms with Gasteiger partial charge in [0.05, 0.1) is 68.6 Å². The molecule has 0 bridgehead atoms. The van der Waals surface area contributed by atoms with E-state index in [1.807, 2.05) is 176 Å². The van der Waals surface area contributed by atoms with Gasteiger partial charge in [-0.1, -0.05) is 357 Å². The number of aryl methyl sites for hydroxylation is 1. The molecule has 18 rings (SSSR count). The van der Waals surface area contributed by atoms with E-state index >= 15 is 0 Å². The van der Waals surface area contributed by atoms with Crippen molar-refractivity contribution in [2.45, 2.75) is 28.6 Å². The van der Waals surface area contributed by atoms with Crippen molar-refractivity contribution in [3.8, 4) is 51.0 Å². The third-order valence-corrected chi connectivity index (χ3v) is 24.7. The molecular formula is C118H108N8O5. The molecule has 0 heterocycles. The van der Waals surface area contributed by atoms with Gasteiger partial charge in [0.2, 0.25) is 0 Å².